The lowest BCUT2D eigenvalue weighted by molar-refractivity contribution is -0.137. The summed E-state index contributed by atoms with van der Waals surface area (Å²) in [5.74, 6) is -1.15. The monoisotopic (exact) mass is 264 g/mol. The van der Waals surface area contributed by atoms with Crippen molar-refractivity contribution in [3.63, 3.8) is 0 Å². The van der Waals surface area contributed by atoms with Gasteiger partial charge in [0.2, 0.25) is 0 Å². The molecule has 2 aromatic rings. The molecule has 2 rings (SSSR count). The Morgan fingerprint density at radius 1 is 1.35 bits per heavy atom. The van der Waals surface area contributed by atoms with E-state index in [1.807, 2.05) is 5.10 Å². The largest absolute Gasteiger partial charge is 0.434 e. The van der Waals surface area contributed by atoms with Gasteiger partial charge in [-0.25, -0.2) is 9.89 Å². The zero-order valence-corrected chi connectivity index (χ0v) is 8.76. The molecule has 0 amide bonds. The fraction of sp³-hybridized carbons (Fsp3) is 0.111. The van der Waals surface area contributed by atoms with Crippen molar-refractivity contribution >= 4 is 11.6 Å². The molecule has 0 saturated carbocycles. The van der Waals surface area contributed by atoms with Gasteiger partial charge in [-0.15, -0.1) is 5.10 Å². The fourth-order valence-electron chi connectivity index (χ4n) is 1.26. The van der Waals surface area contributed by atoms with Crippen LogP contribution in [-0.4, -0.2) is 10.2 Å². The van der Waals surface area contributed by atoms with Gasteiger partial charge in [-0.05, 0) is 12.1 Å². The van der Waals surface area contributed by atoms with Crippen LogP contribution in [0.4, 0.5) is 13.2 Å². The molecule has 17 heavy (non-hydrogen) atoms. The molecule has 4 nitrogen and oxygen atoms in total. The Morgan fingerprint density at radius 2 is 2.06 bits per heavy atom. The Labute approximate surface area is 97.0 Å². The minimum Gasteiger partial charge on any atom is -0.388 e. The van der Waals surface area contributed by atoms with Crippen molar-refractivity contribution in [1.82, 2.24) is 10.2 Å². The standard InChI is InChI=1S/C9H4ClF3N2O2/c10-6-4(7-14-15-8(16)17-7)2-1-3-5(6)9(11,12)13/h1-3H,(H,15,16). The maximum absolute atomic E-state index is 12.5. The lowest BCUT2D eigenvalue weighted by Gasteiger charge is -2.10. The molecule has 0 radical (unpaired) electrons. The van der Waals surface area contributed by atoms with E-state index >= 15 is 0 Å². The third-order valence-corrected chi connectivity index (χ3v) is 2.38. The Bertz CT molecular complexity index is 603. The van der Waals surface area contributed by atoms with E-state index in [1.165, 1.54) is 6.07 Å². The molecule has 1 aromatic heterocycles. The zero-order valence-electron chi connectivity index (χ0n) is 8.01. The quantitative estimate of drug-likeness (QED) is 0.861. The Kier molecular flexibility index (Phi) is 2.70. The summed E-state index contributed by atoms with van der Waals surface area (Å²) in [5, 5.41) is 4.79. The van der Waals surface area contributed by atoms with Crippen LogP contribution in [0.2, 0.25) is 5.02 Å². The van der Waals surface area contributed by atoms with Gasteiger partial charge in [0, 0.05) is 0 Å². The van der Waals surface area contributed by atoms with Crippen molar-refractivity contribution in [1.29, 1.82) is 0 Å². The van der Waals surface area contributed by atoms with E-state index in [9.17, 15) is 18.0 Å². The van der Waals surface area contributed by atoms with Gasteiger partial charge in [0.1, 0.15) is 0 Å². The second-order valence-corrected chi connectivity index (χ2v) is 3.46. The van der Waals surface area contributed by atoms with Gasteiger partial charge in [0.25, 0.3) is 5.89 Å². The highest BCUT2D eigenvalue weighted by atomic mass is 35.5. The maximum atomic E-state index is 12.5. The number of halogens is 4. The smallest absolute Gasteiger partial charge is 0.388 e. The summed E-state index contributed by atoms with van der Waals surface area (Å²) in [6.07, 6.45) is -4.58. The van der Waals surface area contributed by atoms with E-state index in [0.29, 0.717) is 0 Å². The van der Waals surface area contributed by atoms with Crippen LogP contribution in [0.1, 0.15) is 5.56 Å². The summed E-state index contributed by atoms with van der Waals surface area (Å²) >= 11 is 5.60. The summed E-state index contributed by atoms with van der Waals surface area (Å²) in [6.45, 7) is 0. The van der Waals surface area contributed by atoms with Crippen LogP contribution >= 0.6 is 11.6 Å². The zero-order chi connectivity index (χ0) is 12.6. The summed E-state index contributed by atoms with van der Waals surface area (Å²) in [7, 11) is 0. The minimum absolute atomic E-state index is 0.0974. The van der Waals surface area contributed by atoms with E-state index in [-0.39, 0.29) is 11.5 Å². The number of benzene rings is 1. The fourth-order valence-corrected chi connectivity index (χ4v) is 1.58. The van der Waals surface area contributed by atoms with E-state index in [2.05, 4.69) is 9.52 Å². The molecule has 8 heteroatoms. The molecule has 0 saturated heterocycles. The van der Waals surface area contributed by atoms with E-state index in [0.717, 1.165) is 12.1 Å². The summed E-state index contributed by atoms with van der Waals surface area (Å²) in [6, 6.07) is 3.26. The summed E-state index contributed by atoms with van der Waals surface area (Å²) in [4.78, 5) is 10.7. The minimum atomic E-state index is -4.58. The number of alkyl halides is 3. The van der Waals surface area contributed by atoms with Gasteiger partial charge in [0.05, 0.1) is 16.1 Å². The van der Waals surface area contributed by atoms with Crippen molar-refractivity contribution in [2.24, 2.45) is 0 Å². The molecule has 0 fully saturated rings. The van der Waals surface area contributed by atoms with Crippen molar-refractivity contribution < 1.29 is 17.6 Å². The van der Waals surface area contributed by atoms with Crippen LogP contribution in [-0.2, 0) is 6.18 Å². The van der Waals surface area contributed by atoms with Crippen LogP contribution in [0, 0.1) is 0 Å². The molecule has 1 aromatic carbocycles. The molecular weight excluding hydrogens is 261 g/mol. The van der Waals surface area contributed by atoms with Gasteiger partial charge in [0.15, 0.2) is 0 Å². The first-order chi connectivity index (χ1) is 7.89. The van der Waals surface area contributed by atoms with Crippen LogP contribution in [0.15, 0.2) is 27.4 Å². The average Bonchev–Trinajstić information content (AvgIpc) is 2.63. The topological polar surface area (TPSA) is 58.9 Å². The van der Waals surface area contributed by atoms with Crippen LogP contribution in [0.3, 0.4) is 0 Å². The third-order valence-electron chi connectivity index (χ3n) is 1.97. The van der Waals surface area contributed by atoms with Gasteiger partial charge >= 0.3 is 11.9 Å². The number of aromatic amines is 1. The highest BCUT2D eigenvalue weighted by Crippen LogP contribution is 2.38. The predicted molar refractivity (Wildman–Crippen MR) is 52.6 cm³/mol. The SMILES string of the molecule is O=c1[nH]nc(-c2cccc(C(F)(F)F)c2Cl)o1. The van der Waals surface area contributed by atoms with Crippen LogP contribution in [0.5, 0.6) is 0 Å². The normalized spacial score (nSPS) is 11.8. The number of H-pyrrole nitrogens is 1. The van der Waals surface area contributed by atoms with Gasteiger partial charge in [-0.1, -0.05) is 17.7 Å². The van der Waals surface area contributed by atoms with Crippen molar-refractivity contribution in [2.45, 2.75) is 6.18 Å². The number of nitrogens with one attached hydrogen (secondary N) is 1. The summed E-state index contributed by atoms with van der Waals surface area (Å²) in [5.41, 5.74) is -1.11. The van der Waals surface area contributed by atoms with Gasteiger partial charge < -0.3 is 4.42 Å². The highest BCUT2D eigenvalue weighted by Gasteiger charge is 2.34. The first-order valence-electron chi connectivity index (χ1n) is 4.31. The number of nitrogens with zero attached hydrogens (tertiary/aromatic N) is 1. The first-order valence-corrected chi connectivity index (χ1v) is 4.69. The second kappa shape index (κ2) is 3.92. The number of hydrogen-bond donors (Lipinski definition) is 1. The predicted octanol–water partition coefficient (Wildman–Crippen LogP) is 2.70. The lowest BCUT2D eigenvalue weighted by atomic mass is 10.1. The molecular formula is C9H4ClF3N2O2. The number of aromatic nitrogens is 2. The molecule has 0 aliphatic heterocycles. The molecule has 0 bridgehead atoms. The van der Waals surface area contributed by atoms with Crippen LogP contribution in [0.25, 0.3) is 11.5 Å². The Hall–Kier alpha value is -1.76. The second-order valence-electron chi connectivity index (χ2n) is 3.08. The molecule has 0 unspecified atom stereocenters. The van der Waals surface area contributed by atoms with E-state index in [1.54, 1.807) is 0 Å². The lowest BCUT2D eigenvalue weighted by Crippen LogP contribution is -2.06. The van der Waals surface area contributed by atoms with Gasteiger partial charge in [-0.2, -0.15) is 13.2 Å². The van der Waals surface area contributed by atoms with Crippen molar-refractivity contribution in [3.8, 4) is 11.5 Å². The average molecular weight is 265 g/mol. The summed E-state index contributed by atoms with van der Waals surface area (Å²) < 4.78 is 42.2. The molecule has 0 spiro atoms. The molecule has 0 aliphatic rings. The molecule has 0 aliphatic carbocycles. The van der Waals surface area contributed by atoms with Gasteiger partial charge in [-0.3, -0.25) is 0 Å². The third kappa shape index (κ3) is 2.19. The Morgan fingerprint density at radius 3 is 2.59 bits per heavy atom. The molecule has 1 heterocycles. The molecule has 90 valence electrons. The van der Waals surface area contributed by atoms with E-state index in [4.69, 9.17) is 11.6 Å². The van der Waals surface area contributed by atoms with Crippen molar-refractivity contribution in [3.05, 3.63) is 39.3 Å². The van der Waals surface area contributed by atoms with Crippen LogP contribution < -0.4 is 5.76 Å². The molecule has 0 atom stereocenters. The Balaban J connectivity index is 2.61. The van der Waals surface area contributed by atoms with E-state index < -0.39 is 22.5 Å². The number of hydrogen-bond acceptors (Lipinski definition) is 3. The molecule has 1 N–H and O–H groups in total. The first kappa shape index (κ1) is 11.7. The number of rotatable bonds is 1. The van der Waals surface area contributed by atoms with Crippen molar-refractivity contribution in [2.75, 3.05) is 0 Å². The highest BCUT2D eigenvalue weighted by molar-refractivity contribution is 6.34. The maximum Gasteiger partial charge on any atom is 0.434 e.